The Morgan fingerprint density at radius 3 is 2.38 bits per heavy atom. The maximum Gasteiger partial charge on any atom is 0.286 e. The van der Waals surface area contributed by atoms with Gasteiger partial charge in [-0.15, -0.1) is 0 Å². The van der Waals surface area contributed by atoms with Gasteiger partial charge in [0, 0.05) is 28.6 Å². The van der Waals surface area contributed by atoms with E-state index < -0.39 is 16.7 Å². The highest BCUT2D eigenvalue weighted by Crippen LogP contribution is 2.21. The zero-order chi connectivity index (χ0) is 17.1. The SMILES string of the molecule is O=C(NNC(=O)c1cc2cc([N+](=O)[O-])ccc2[nH]1)c1ccccc1. The maximum atomic E-state index is 12.1. The van der Waals surface area contributed by atoms with Gasteiger partial charge in [0.2, 0.25) is 0 Å². The molecule has 0 saturated heterocycles. The van der Waals surface area contributed by atoms with Gasteiger partial charge in [0.25, 0.3) is 17.5 Å². The van der Waals surface area contributed by atoms with Gasteiger partial charge in [0.15, 0.2) is 0 Å². The largest absolute Gasteiger partial charge is 0.350 e. The number of fused-ring (bicyclic) bond motifs is 1. The van der Waals surface area contributed by atoms with E-state index in [0.29, 0.717) is 16.5 Å². The molecule has 0 spiro atoms. The molecule has 120 valence electrons. The number of benzene rings is 2. The van der Waals surface area contributed by atoms with Crippen LogP contribution in [0.25, 0.3) is 10.9 Å². The number of amides is 2. The first-order valence-electron chi connectivity index (χ1n) is 6.97. The lowest BCUT2D eigenvalue weighted by molar-refractivity contribution is -0.384. The van der Waals surface area contributed by atoms with Crippen LogP contribution in [0.4, 0.5) is 5.69 Å². The lowest BCUT2D eigenvalue weighted by Gasteiger charge is -2.05. The van der Waals surface area contributed by atoms with E-state index in [0.717, 1.165) is 0 Å². The van der Waals surface area contributed by atoms with Crippen LogP contribution in [0.3, 0.4) is 0 Å². The number of non-ortho nitro benzene ring substituents is 1. The van der Waals surface area contributed by atoms with Crippen molar-refractivity contribution >= 4 is 28.4 Å². The van der Waals surface area contributed by atoms with Crippen molar-refractivity contribution in [1.82, 2.24) is 15.8 Å². The molecule has 2 amide bonds. The Labute approximate surface area is 135 Å². The molecule has 1 aromatic heterocycles. The van der Waals surface area contributed by atoms with Gasteiger partial charge in [-0.05, 0) is 24.3 Å². The second-order valence-electron chi connectivity index (χ2n) is 4.99. The average Bonchev–Trinajstić information content (AvgIpc) is 3.03. The van der Waals surface area contributed by atoms with E-state index in [2.05, 4.69) is 15.8 Å². The summed E-state index contributed by atoms with van der Waals surface area (Å²) in [5, 5.41) is 11.3. The summed E-state index contributed by atoms with van der Waals surface area (Å²) in [5.41, 5.74) is 5.70. The van der Waals surface area contributed by atoms with E-state index in [1.807, 2.05) is 0 Å². The molecule has 0 atom stereocenters. The maximum absolute atomic E-state index is 12.1. The first-order valence-corrected chi connectivity index (χ1v) is 6.97. The predicted molar refractivity (Wildman–Crippen MR) is 86.3 cm³/mol. The number of nitrogens with one attached hydrogen (secondary N) is 3. The Bertz CT molecular complexity index is 934. The number of nitro benzene ring substituents is 1. The standard InChI is InChI=1S/C16H12N4O4/c21-15(10-4-2-1-3-5-10)18-19-16(22)14-9-11-8-12(20(23)24)6-7-13(11)17-14/h1-9,17H,(H,18,21)(H,19,22). The summed E-state index contributed by atoms with van der Waals surface area (Å²) in [4.78, 5) is 37.0. The van der Waals surface area contributed by atoms with Crippen LogP contribution in [0.5, 0.6) is 0 Å². The van der Waals surface area contributed by atoms with Gasteiger partial charge in [0.1, 0.15) is 5.69 Å². The molecular weight excluding hydrogens is 312 g/mol. The highest BCUT2D eigenvalue weighted by molar-refractivity contribution is 6.01. The van der Waals surface area contributed by atoms with Gasteiger partial charge in [-0.1, -0.05) is 18.2 Å². The second kappa shape index (κ2) is 6.21. The van der Waals surface area contributed by atoms with Gasteiger partial charge < -0.3 is 4.98 Å². The number of hydrogen-bond acceptors (Lipinski definition) is 4. The monoisotopic (exact) mass is 324 g/mol. The van der Waals surface area contributed by atoms with E-state index in [4.69, 9.17) is 0 Å². The number of carbonyl (C=O) groups is 2. The van der Waals surface area contributed by atoms with Crippen LogP contribution in [0.15, 0.2) is 54.6 Å². The molecule has 0 aliphatic heterocycles. The van der Waals surface area contributed by atoms with Gasteiger partial charge in [-0.3, -0.25) is 30.6 Å². The number of aromatic nitrogens is 1. The number of hydrogen-bond donors (Lipinski definition) is 3. The number of nitrogens with zero attached hydrogens (tertiary/aromatic N) is 1. The Hall–Kier alpha value is -3.68. The van der Waals surface area contributed by atoms with E-state index in [1.54, 1.807) is 30.3 Å². The fourth-order valence-corrected chi connectivity index (χ4v) is 2.20. The minimum Gasteiger partial charge on any atom is -0.350 e. The Morgan fingerprint density at radius 1 is 0.958 bits per heavy atom. The number of rotatable bonds is 3. The highest BCUT2D eigenvalue weighted by atomic mass is 16.6. The van der Waals surface area contributed by atoms with E-state index in [-0.39, 0.29) is 11.4 Å². The quantitative estimate of drug-likeness (QED) is 0.505. The lowest BCUT2D eigenvalue weighted by atomic mass is 10.2. The average molecular weight is 324 g/mol. The smallest absolute Gasteiger partial charge is 0.286 e. The van der Waals surface area contributed by atoms with E-state index >= 15 is 0 Å². The predicted octanol–water partition coefficient (Wildman–Crippen LogP) is 2.15. The van der Waals surface area contributed by atoms with Crippen LogP contribution >= 0.6 is 0 Å². The van der Waals surface area contributed by atoms with Crippen molar-refractivity contribution in [3.8, 4) is 0 Å². The summed E-state index contributed by atoms with van der Waals surface area (Å²) in [5.74, 6) is -1.01. The number of aromatic amines is 1. The normalized spacial score (nSPS) is 10.3. The molecule has 0 aliphatic rings. The van der Waals surface area contributed by atoms with Gasteiger partial charge in [-0.25, -0.2) is 0 Å². The molecule has 0 unspecified atom stereocenters. The Morgan fingerprint density at radius 2 is 1.67 bits per heavy atom. The highest BCUT2D eigenvalue weighted by Gasteiger charge is 2.13. The molecule has 3 aromatic rings. The second-order valence-corrected chi connectivity index (χ2v) is 4.99. The summed E-state index contributed by atoms with van der Waals surface area (Å²) in [6, 6.07) is 14.1. The Balaban J connectivity index is 1.72. The van der Waals surface area contributed by atoms with Crippen molar-refractivity contribution in [2.75, 3.05) is 0 Å². The van der Waals surface area contributed by atoms with Crippen molar-refractivity contribution in [2.24, 2.45) is 0 Å². The molecular formula is C16H12N4O4. The molecule has 0 fully saturated rings. The van der Waals surface area contributed by atoms with Gasteiger partial charge >= 0.3 is 0 Å². The van der Waals surface area contributed by atoms with Crippen molar-refractivity contribution < 1.29 is 14.5 Å². The minimum atomic E-state index is -0.557. The van der Waals surface area contributed by atoms with Crippen molar-refractivity contribution in [3.63, 3.8) is 0 Å². The minimum absolute atomic E-state index is 0.0640. The zero-order valence-electron chi connectivity index (χ0n) is 12.3. The van der Waals surface area contributed by atoms with Gasteiger partial charge in [0.05, 0.1) is 4.92 Å². The van der Waals surface area contributed by atoms with Crippen LogP contribution in [0.1, 0.15) is 20.8 Å². The first kappa shape index (κ1) is 15.2. The fourth-order valence-electron chi connectivity index (χ4n) is 2.20. The summed E-state index contributed by atoms with van der Waals surface area (Å²) >= 11 is 0. The molecule has 8 heteroatoms. The van der Waals surface area contributed by atoms with E-state index in [9.17, 15) is 19.7 Å². The molecule has 8 nitrogen and oxygen atoms in total. The van der Waals surface area contributed by atoms with Crippen LogP contribution in [0.2, 0.25) is 0 Å². The van der Waals surface area contributed by atoms with Crippen LogP contribution in [-0.2, 0) is 0 Å². The molecule has 0 aliphatic carbocycles. The van der Waals surface area contributed by atoms with E-state index in [1.165, 1.54) is 24.3 Å². The first-order chi connectivity index (χ1) is 11.5. The van der Waals surface area contributed by atoms with Crippen molar-refractivity contribution in [1.29, 1.82) is 0 Å². The van der Waals surface area contributed by atoms with Crippen LogP contribution < -0.4 is 10.9 Å². The Kier molecular flexibility index (Phi) is 3.94. The van der Waals surface area contributed by atoms with Crippen molar-refractivity contribution in [2.45, 2.75) is 0 Å². The molecule has 0 radical (unpaired) electrons. The number of nitro groups is 1. The third-order valence-corrected chi connectivity index (χ3v) is 3.39. The number of H-pyrrole nitrogens is 1. The summed E-state index contributed by atoms with van der Waals surface area (Å²) in [6.07, 6.45) is 0. The summed E-state index contributed by atoms with van der Waals surface area (Å²) < 4.78 is 0. The molecule has 3 rings (SSSR count). The molecule has 24 heavy (non-hydrogen) atoms. The number of hydrazine groups is 1. The summed E-state index contributed by atoms with van der Waals surface area (Å²) in [7, 11) is 0. The van der Waals surface area contributed by atoms with Crippen molar-refractivity contribution in [3.05, 3.63) is 76.0 Å². The molecule has 0 bridgehead atoms. The lowest BCUT2D eigenvalue weighted by Crippen LogP contribution is -2.41. The van der Waals surface area contributed by atoms with Crippen LogP contribution in [-0.4, -0.2) is 21.7 Å². The van der Waals surface area contributed by atoms with Crippen LogP contribution in [0, 0.1) is 10.1 Å². The fraction of sp³-hybridized carbons (Fsp3) is 0. The zero-order valence-corrected chi connectivity index (χ0v) is 12.3. The topological polar surface area (TPSA) is 117 Å². The third-order valence-electron chi connectivity index (χ3n) is 3.39. The molecule has 3 N–H and O–H groups in total. The van der Waals surface area contributed by atoms with Gasteiger partial charge in [-0.2, -0.15) is 0 Å². The summed E-state index contributed by atoms with van der Waals surface area (Å²) in [6.45, 7) is 0. The molecule has 0 saturated carbocycles. The number of carbonyl (C=O) groups excluding carboxylic acids is 2. The molecule has 2 aromatic carbocycles. The third kappa shape index (κ3) is 3.07. The molecule has 1 heterocycles.